The maximum Gasteiger partial charge on any atom is 0.252 e. The molecule has 0 heterocycles. The molecular weight excluding hydrogens is 264 g/mol. The third-order valence-corrected chi connectivity index (χ3v) is 3.47. The topological polar surface area (TPSA) is 26.0 Å². The molecule has 0 saturated heterocycles. The Labute approximate surface area is 95.8 Å². The molecule has 0 aromatic heterocycles. The van der Waals surface area contributed by atoms with Crippen LogP contribution in [0.5, 0.6) is 0 Å². The lowest BCUT2D eigenvalue weighted by Crippen LogP contribution is -2.55. The van der Waals surface area contributed by atoms with E-state index in [9.17, 15) is 8.78 Å². The van der Waals surface area contributed by atoms with Crippen LogP contribution in [0.2, 0.25) is 0 Å². The van der Waals surface area contributed by atoms with Crippen LogP contribution in [-0.4, -0.2) is 5.92 Å². The maximum atomic E-state index is 12.8. The first kappa shape index (κ1) is 11.0. The summed E-state index contributed by atoms with van der Waals surface area (Å²) in [6, 6.07) is 5.63. The molecule has 82 valence electrons. The fraction of sp³-hybridized carbons (Fsp3) is 0.455. The number of halogens is 3. The van der Waals surface area contributed by atoms with Crippen LogP contribution in [0.1, 0.15) is 24.0 Å². The van der Waals surface area contributed by atoms with E-state index in [0.717, 1.165) is 15.6 Å². The summed E-state index contributed by atoms with van der Waals surface area (Å²) in [6.07, 6.45) is -0.524. The van der Waals surface area contributed by atoms with E-state index in [4.69, 9.17) is 5.73 Å². The fourth-order valence-corrected chi connectivity index (χ4v) is 2.97. The molecular formula is C11H12BrF2N. The van der Waals surface area contributed by atoms with Crippen molar-refractivity contribution >= 4 is 15.9 Å². The highest BCUT2D eigenvalue weighted by molar-refractivity contribution is 9.10. The molecule has 2 N–H and O–H groups in total. The minimum Gasteiger partial charge on any atom is -0.321 e. The molecule has 15 heavy (non-hydrogen) atoms. The summed E-state index contributed by atoms with van der Waals surface area (Å²) in [4.78, 5) is 0. The van der Waals surface area contributed by atoms with Crippen LogP contribution < -0.4 is 5.73 Å². The second-order valence-electron chi connectivity index (χ2n) is 4.35. The van der Waals surface area contributed by atoms with Gasteiger partial charge in [-0.2, -0.15) is 0 Å². The minimum absolute atomic E-state index is 0.262. The lowest BCUT2D eigenvalue weighted by Gasteiger charge is -2.45. The molecule has 0 aliphatic heterocycles. The van der Waals surface area contributed by atoms with E-state index in [1.807, 2.05) is 25.1 Å². The molecule has 0 spiro atoms. The molecule has 1 nitrogen and oxygen atoms in total. The number of alkyl halides is 2. The third-order valence-electron chi connectivity index (χ3n) is 2.81. The zero-order chi connectivity index (χ0) is 11.3. The summed E-state index contributed by atoms with van der Waals surface area (Å²) in [7, 11) is 0. The van der Waals surface area contributed by atoms with Crippen LogP contribution in [0, 0.1) is 6.92 Å². The Hall–Kier alpha value is -0.480. The van der Waals surface area contributed by atoms with Gasteiger partial charge in [0.2, 0.25) is 0 Å². The van der Waals surface area contributed by atoms with Gasteiger partial charge in [-0.1, -0.05) is 28.1 Å². The zero-order valence-corrected chi connectivity index (χ0v) is 9.94. The summed E-state index contributed by atoms with van der Waals surface area (Å²) in [5, 5.41) is 0. The molecule has 0 unspecified atom stereocenters. The van der Waals surface area contributed by atoms with Gasteiger partial charge in [0.25, 0.3) is 5.92 Å². The molecule has 0 amide bonds. The first-order chi connectivity index (χ1) is 6.82. The third kappa shape index (κ3) is 1.93. The molecule has 1 aliphatic rings. The highest BCUT2D eigenvalue weighted by atomic mass is 79.9. The number of benzene rings is 1. The Balaban J connectivity index is 2.32. The van der Waals surface area contributed by atoms with E-state index < -0.39 is 11.5 Å². The van der Waals surface area contributed by atoms with Crippen molar-refractivity contribution < 1.29 is 8.78 Å². The number of nitrogens with two attached hydrogens (primary N) is 1. The molecule has 1 fully saturated rings. The van der Waals surface area contributed by atoms with Crippen LogP contribution in [0.25, 0.3) is 0 Å². The van der Waals surface area contributed by atoms with Crippen LogP contribution in [-0.2, 0) is 5.54 Å². The first-order valence-corrected chi connectivity index (χ1v) is 5.55. The molecule has 2 rings (SSSR count). The molecule has 4 heteroatoms. The van der Waals surface area contributed by atoms with Gasteiger partial charge in [0.15, 0.2) is 0 Å². The average molecular weight is 276 g/mol. The predicted octanol–water partition coefficient (Wildman–Crippen LogP) is 3.34. The standard InChI is InChI=1S/C11H12BrF2N/c1-7-2-3-8(9(12)4-7)10(15)5-11(13,14)6-10/h2-4H,5-6,15H2,1H3. The Bertz CT molecular complexity index is 396. The van der Waals surface area contributed by atoms with Gasteiger partial charge in [0.1, 0.15) is 0 Å². The van der Waals surface area contributed by atoms with E-state index >= 15 is 0 Å². The van der Waals surface area contributed by atoms with Gasteiger partial charge in [-0.15, -0.1) is 0 Å². The lowest BCUT2D eigenvalue weighted by atomic mass is 9.70. The van der Waals surface area contributed by atoms with Crippen LogP contribution in [0.3, 0.4) is 0 Å². The van der Waals surface area contributed by atoms with Crippen molar-refractivity contribution in [1.82, 2.24) is 0 Å². The van der Waals surface area contributed by atoms with Gasteiger partial charge in [-0.25, -0.2) is 8.78 Å². The SMILES string of the molecule is Cc1ccc(C2(N)CC(F)(F)C2)c(Br)c1. The van der Waals surface area contributed by atoms with Crippen LogP contribution >= 0.6 is 15.9 Å². The van der Waals surface area contributed by atoms with E-state index in [0.29, 0.717) is 0 Å². The van der Waals surface area contributed by atoms with Crippen LogP contribution in [0.4, 0.5) is 8.78 Å². The van der Waals surface area contributed by atoms with Crippen molar-refractivity contribution in [2.45, 2.75) is 31.2 Å². The number of aryl methyl sites for hydroxylation is 1. The first-order valence-electron chi connectivity index (χ1n) is 4.76. The van der Waals surface area contributed by atoms with Crippen molar-refractivity contribution in [1.29, 1.82) is 0 Å². The summed E-state index contributed by atoms with van der Waals surface area (Å²) in [6.45, 7) is 1.95. The number of hydrogen-bond donors (Lipinski definition) is 1. The monoisotopic (exact) mass is 275 g/mol. The number of rotatable bonds is 1. The summed E-state index contributed by atoms with van der Waals surface area (Å²) in [5.41, 5.74) is 6.94. The van der Waals surface area contributed by atoms with Gasteiger partial charge in [0.05, 0.1) is 5.54 Å². The largest absolute Gasteiger partial charge is 0.321 e. The molecule has 1 saturated carbocycles. The average Bonchev–Trinajstić information content (AvgIpc) is 1.98. The fourth-order valence-electron chi connectivity index (χ4n) is 2.09. The second-order valence-corrected chi connectivity index (χ2v) is 5.20. The zero-order valence-electron chi connectivity index (χ0n) is 8.36. The van der Waals surface area contributed by atoms with Gasteiger partial charge < -0.3 is 5.73 Å². The summed E-state index contributed by atoms with van der Waals surface area (Å²) < 4.78 is 26.5. The Morgan fingerprint density at radius 1 is 1.33 bits per heavy atom. The molecule has 1 aliphatic carbocycles. The summed E-state index contributed by atoms with van der Waals surface area (Å²) >= 11 is 3.37. The highest BCUT2D eigenvalue weighted by Crippen LogP contribution is 2.51. The normalized spacial score (nSPS) is 22.2. The van der Waals surface area contributed by atoms with E-state index in [1.54, 1.807) is 0 Å². The number of hydrogen-bond acceptors (Lipinski definition) is 1. The van der Waals surface area contributed by atoms with Gasteiger partial charge in [-0.05, 0) is 24.1 Å². The van der Waals surface area contributed by atoms with Crippen molar-refractivity contribution in [3.05, 3.63) is 33.8 Å². The molecule has 0 radical (unpaired) electrons. The minimum atomic E-state index is -2.60. The molecule has 0 bridgehead atoms. The molecule has 1 aromatic rings. The second kappa shape index (κ2) is 3.25. The molecule has 0 atom stereocenters. The van der Waals surface area contributed by atoms with Gasteiger partial charge in [-0.3, -0.25) is 0 Å². The van der Waals surface area contributed by atoms with Crippen molar-refractivity contribution in [2.24, 2.45) is 5.73 Å². The Morgan fingerprint density at radius 2 is 1.93 bits per heavy atom. The highest BCUT2D eigenvalue weighted by Gasteiger charge is 2.55. The lowest BCUT2D eigenvalue weighted by molar-refractivity contribution is -0.125. The van der Waals surface area contributed by atoms with Crippen molar-refractivity contribution in [3.63, 3.8) is 0 Å². The van der Waals surface area contributed by atoms with Crippen molar-refractivity contribution in [2.75, 3.05) is 0 Å². The van der Waals surface area contributed by atoms with E-state index in [2.05, 4.69) is 15.9 Å². The van der Waals surface area contributed by atoms with Gasteiger partial charge in [0, 0.05) is 17.3 Å². The predicted molar refractivity (Wildman–Crippen MR) is 58.9 cm³/mol. The van der Waals surface area contributed by atoms with Crippen LogP contribution in [0.15, 0.2) is 22.7 Å². The van der Waals surface area contributed by atoms with E-state index in [-0.39, 0.29) is 12.8 Å². The summed E-state index contributed by atoms with van der Waals surface area (Å²) in [5.74, 6) is -2.60. The van der Waals surface area contributed by atoms with E-state index in [1.165, 1.54) is 0 Å². The van der Waals surface area contributed by atoms with Gasteiger partial charge >= 0.3 is 0 Å². The Kier molecular flexibility index (Phi) is 2.39. The van der Waals surface area contributed by atoms with Crippen molar-refractivity contribution in [3.8, 4) is 0 Å². The smallest absolute Gasteiger partial charge is 0.252 e. The Morgan fingerprint density at radius 3 is 2.40 bits per heavy atom. The molecule has 1 aromatic carbocycles. The maximum absolute atomic E-state index is 12.8. The quantitative estimate of drug-likeness (QED) is 0.836.